The lowest BCUT2D eigenvalue weighted by Gasteiger charge is -2.37. The summed E-state index contributed by atoms with van der Waals surface area (Å²) in [6, 6.07) is 18.0. The maximum atomic E-state index is 13.8. The quantitative estimate of drug-likeness (QED) is 0.436. The molecule has 3 atom stereocenters. The fourth-order valence-corrected chi connectivity index (χ4v) is 7.04. The Bertz CT molecular complexity index is 1460. The summed E-state index contributed by atoms with van der Waals surface area (Å²) in [6.45, 7) is 5.07. The minimum absolute atomic E-state index is 0.0850. The van der Waals surface area contributed by atoms with Gasteiger partial charge in [-0.1, -0.05) is 37.3 Å². The predicted octanol–water partition coefficient (Wildman–Crippen LogP) is 3.99. The third-order valence-corrected chi connectivity index (χ3v) is 9.49. The van der Waals surface area contributed by atoms with E-state index < -0.39 is 16.1 Å². The summed E-state index contributed by atoms with van der Waals surface area (Å²) < 4.78 is 52.1. The maximum Gasteiger partial charge on any atom is 0.247 e. The SMILES string of the molecule is COc1ccccc1-c1ccc2c(c1)O[C@@H](CN(C)Cc1ccc3c(c1)OCO3)[C@H](C)CN([C@H](C)CO)S2(=O)=O. The molecule has 0 radical (unpaired) electrons. The van der Waals surface area contributed by atoms with Crippen LogP contribution in [-0.2, 0) is 16.6 Å². The van der Waals surface area contributed by atoms with Crippen LogP contribution in [0.25, 0.3) is 11.1 Å². The molecule has 0 aromatic heterocycles. The fourth-order valence-electron chi connectivity index (χ4n) is 5.22. The second-order valence-corrected chi connectivity index (χ2v) is 12.3. The molecule has 2 aliphatic rings. The van der Waals surface area contributed by atoms with Gasteiger partial charge in [0.05, 0.1) is 13.7 Å². The van der Waals surface area contributed by atoms with Crippen molar-refractivity contribution in [2.24, 2.45) is 5.92 Å². The zero-order valence-electron chi connectivity index (χ0n) is 23.2. The molecule has 5 rings (SSSR count). The van der Waals surface area contributed by atoms with E-state index in [9.17, 15) is 13.5 Å². The van der Waals surface area contributed by atoms with E-state index in [1.165, 1.54) is 4.31 Å². The number of para-hydroxylation sites is 1. The van der Waals surface area contributed by atoms with Crippen molar-refractivity contribution in [1.29, 1.82) is 0 Å². The molecule has 2 heterocycles. The summed E-state index contributed by atoms with van der Waals surface area (Å²) in [6.07, 6.45) is -0.324. The first kappa shape index (κ1) is 28.2. The molecular weight excluding hydrogens is 532 g/mol. The number of hydrogen-bond acceptors (Lipinski definition) is 8. The molecule has 0 fully saturated rings. The lowest BCUT2D eigenvalue weighted by Crippen LogP contribution is -2.49. The predicted molar refractivity (Wildman–Crippen MR) is 151 cm³/mol. The molecule has 1 N–H and O–H groups in total. The summed E-state index contributed by atoms with van der Waals surface area (Å²) in [4.78, 5) is 2.24. The molecule has 9 nitrogen and oxygen atoms in total. The highest BCUT2D eigenvalue weighted by Gasteiger charge is 2.38. The molecular formula is C30H36N2O7S. The number of rotatable bonds is 8. The first-order chi connectivity index (χ1) is 19.2. The van der Waals surface area contributed by atoms with Gasteiger partial charge in [-0.25, -0.2) is 8.42 Å². The third-order valence-electron chi connectivity index (χ3n) is 7.47. The number of hydrogen-bond donors (Lipinski definition) is 1. The molecule has 0 saturated heterocycles. The Morgan fingerprint density at radius 2 is 1.85 bits per heavy atom. The van der Waals surface area contributed by atoms with Crippen LogP contribution in [0.5, 0.6) is 23.0 Å². The molecule has 3 aromatic rings. The van der Waals surface area contributed by atoms with Crippen LogP contribution in [0.2, 0.25) is 0 Å². The average Bonchev–Trinajstić information content (AvgIpc) is 3.42. The molecule has 0 spiro atoms. The van der Waals surface area contributed by atoms with E-state index in [1.807, 2.05) is 56.4 Å². The van der Waals surface area contributed by atoms with E-state index in [-0.39, 0.29) is 42.6 Å². The van der Waals surface area contributed by atoms with Crippen LogP contribution in [0.3, 0.4) is 0 Å². The van der Waals surface area contributed by atoms with Crippen LogP contribution in [0.15, 0.2) is 65.6 Å². The smallest absolute Gasteiger partial charge is 0.247 e. The lowest BCUT2D eigenvalue weighted by atomic mass is 10.0. The Morgan fingerprint density at radius 1 is 1.07 bits per heavy atom. The number of benzene rings is 3. The highest BCUT2D eigenvalue weighted by molar-refractivity contribution is 7.89. The number of nitrogens with zero attached hydrogens (tertiary/aromatic N) is 2. The molecule has 40 heavy (non-hydrogen) atoms. The van der Waals surface area contributed by atoms with Crippen molar-refractivity contribution >= 4 is 10.0 Å². The summed E-state index contributed by atoms with van der Waals surface area (Å²) in [5.74, 6) is 2.28. The van der Waals surface area contributed by atoms with E-state index in [1.54, 1.807) is 32.2 Å². The zero-order valence-corrected chi connectivity index (χ0v) is 24.1. The topological polar surface area (TPSA) is 97.8 Å². The normalized spacial score (nSPS) is 20.8. The Kier molecular flexibility index (Phi) is 8.23. The van der Waals surface area contributed by atoms with Crippen LogP contribution in [-0.4, -0.2) is 75.5 Å². The van der Waals surface area contributed by atoms with Gasteiger partial charge in [-0.05, 0) is 55.4 Å². The maximum absolute atomic E-state index is 13.8. The Labute approximate surface area is 235 Å². The van der Waals surface area contributed by atoms with E-state index >= 15 is 0 Å². The van der Waals surface area contributed by atoms with Crippen molar-refractivity contribution in [2.45, 2.75) is 37.4 Å². The van der Waals surface area contributed by atoms with Gasteiger partial charge < -0.3 is 24.1 Å². The molecule has 0 aliphatic carbocycles. The summed E-state index contributed by atoms with van der Waals surface area (Å²) in [5.41, 5.74) is 2.69. The third kappa shape index (κ3) is 5.62. The highest BCUT2D eigenvalue weighted by Crippen LogP contribution is 2.39. The molecule has 214 valence electrons. The van der Waals surface area contributed by atoms with Crippen molar-refractivity contribution in [1.82, 2.24) is 9.21 Å². The number of fused-ring (bicyclic) bond motifs is 2. The van der Waals surface area contributed by atoms with Crippen molar-refractivity contribution < 1.29 is 32.5 Å². The molecule has 2 aliphatic heterocycles. The van der Waals surface area contributed by atoms with Gasteiger partial charge in [0.2, 0.25) is 16.8 Å². The Morgan fingerprint density at radius 3 is 2.62 bits per heavy atom. The molecule has 3 aromatic carbocycles. The average molecular weight is 569 g/mol. The minimum atomic E-state index is -3.93. The molecule has 0 bridgehead atoms. The first-order valence-corrected chi connectivity index (χ1v) is 14.8. The van der Waals surface area contributed by atoms with Gasteiger partial charge in [0.15, 0.2) is 11.5 Å². The molecule has 0 saturated carbocycles. The second kappa shape index (κ2) is 11.7. The molecule has 0 unspecified atom stereocenters. The van der Waals surface area contributed by atoms with Crippen molar-refractivity contribution in [3.05, 3.63) is 66.2 Å². The van der Waals surface area contributed by atoms with E-state index in [2.05, 4.69) is 4.90 Å². The van der Waals surface area contributed by atoms with Crippen LogP contribution in [0.1, 0.15) is 19.4 Å². The summed E-state index contributed by atoms with van der Waals surface area (Å²) in [5, 5.41) is 9.93. The van der Waals surface area contributed by atoms with Crippen LogP contribution in [0.4, 0.5) is 0 Å². The minimum Gasteiger partial charge on any atom is -0.496 e. The van der Waals surface area contributed by atoms with Gasteiger partial charge in [0, 0.05) is 37.2 Å². The van der Waals surface area contributed by atoms with E-state index in [0.29, 0.717) is 18.8 Å². The Hall–Kier alpha value is -3.31. The number of methoxy groups -OCH3 is 1. The number of sulfonamides is 1. The number of aliphatic hydroxyl groups excluding tert-OH is 1. The first-order valence-electron chi connectivity index (χ1n) is 13.3. The van der Waals surface area contributed by atoms with Gasteiger partial charge in [0.1, 0.15) is 22.5 Å². The summed E-state index contributed by atoms with van der Waals surface area (Å²) in [7, 11) is -0.313. The lowest BCUT2D eigenvalue weighted by molar-refractivity contribution is 0.0734. The van der Waals surface area contributed by atoms with Crippen molar-refractivity contribution in [3.8, 4) is 34.1 Å². The molecule has 0 amide bonds. The molecule has 10 heteroatoms. The zero-order chi connectivity index (χ0) is 28.4. The largest absolute Gasteiger partial charge is 0.496 e. The Balaban J connectivity index is 1.49. The van der Waals surface area contributed by atoms with Crippen molar-refractivity contribution in [2.75, 3.05) is 40.6 Å². The second-order valence-electron chi connectivity index (χ2n) is 10.5. The van der Waals surface area contributed by atoms with Crippen LogP contribution in [0, 0.1) is 5.92 Å². The van der Waals surface area contributed by atoms with E-state index in [0.717, 1.165) is 28.2 Å². The standard InChI is InChI=1S/C30H36N2O7S/c1-20-15-32(21(2)18-33)40(34,35)30-12-10-23(24-7-5-6-8-25(24)36-4)14-28(30)39-29(20)17-31(3)16-22-9-11-26-27(13-22)38-19-37-26/h5-14,20-21,29,33H,15-19H2,1-4H3/t20-,21-,29+/m1/s1. The fraction of sp³-hybridized carbons (Fsp3) is 0.400. The number of ether oxygens (including phenoxy) is 4. The van der Waals surface area contributed by atoms with Gasteiger partial charge in [-0.15, -0.1) is 0 Å². The van der Waals surface area contributed by atoms with E-state index in [4.69, 9.17) is 18.9 Å². The number of likely N-dealkylation sites (N-methyl/N-ethyl adjacent to an activating group) is 1. The van der Waals surface area contributed by atoms with Gasteiger partial charge in [-0.3, -0.25) is 4.90 Å². The van der Waals surface area contributed by atoms with Gasteiger partial charge >= 0.3 is 0 Å². The van der Waals surface area contributed by atoms with Gasteiger partial charge in [0.25, 0.3) is 0 Å². The highest BCUT2D eigenvalue weighted by atomic mass is 32.2. The monoisotopic (exact) mass is 568 g/mol. The summed E-state index contributed by atoms with van der Waals surface area (Å²) >= 11 is 0. The number of aliphatic hydroxyl groups is 1. The van der Waals surface area contributed by atoms with Crippen molar-refractivity contribution in [3.63, 3.8) is 0 Å². The van der Waals surface area contributed by atoms with Crippen LogP contribution >= 0.6 is 0 Å². The van der Waals surface area contributed by atoms with Gasteiger partial charge in [-0.2, -0.15) is 4.31 Å². The van der Waals surface area contributed by atoms with Crippen LogP contribution < -0.4 is 18.9 Å².